The minimum absolute atomic E-state index is 1.33. The van der Waals surface area contributed by atoms with E-state index in [1.807, 2.05) is 0 Å². The molecule has 0 radical (unpaired) electrons. The summed E-state index contributed by atoms with van der Waals surface area (Å²) in [6.45, 7) is 0. The monoisotopic (exact) mass is 93.1 g/mol. The Kier molecular flexibility index (Phi) is 13.3. The molecule has 0 bridgehead atoms. The zero-order chi connectivity index (χ0) is 5.58. The van der Waals surface area contributed by atoms with E-state index in [9.17, 15) is 0 Å². The fraction of sp³-hybridized carbons (Fsp3) is 0. The summed E-state index contributed by atoms with van der Waals surface area (Å²) in [6.07, 6.45) is -1.33. The van der Waals surface area contributed by atoms with Gasteiger partial charge in [0.15, 0.2) is 0 Å². The second-order valence-electron chi connectivity index (χ2n) is 0.338. The Hall–Kier alpha value is -0.810. The van der Waals surface area contributed by atoms with Gasteiger partial charge >= 0.3 is 6.09 Å². The summed E-state index contributed by atoms with van der Waals surface area (Å²) in [6, 6.07) is 0. The molecule has 0 aromatic rings. The second-order valence-corrected chi connectivity index (χ2v) is 0.338. The quantitative estimate of drug-likeness (QED) is 0.214. The van der Waals surface area contributed by atoms with E-state index in [2.05, 4.69) is 17.4 Å². The highest BCUT2D eigenvalue weighted by Crippen LogP contribution is 1.34. The first-order chi connectivity index (χ1) is 2.73. The van der Waals surface area contributed by atoms with Crippen LogP contribution in [0.3, 0.4) is 0 Å². The van der Waals surface area contributed by atoms with Gasteiger partial charge in [0.1, 0.15) is 0 Å². The molecule has 0 saturated carbocycles. The van der Waals surface area contributed by atoms with E-state index in [0.717, 1.165) is 0 Å². The number of hydrogen-bond donors (Lipinski definition) is 4. The molecule has 6 heavy (non-hydrogen) atoms. The van der Waals surface area contributed by atoms with Crippen LogP contribution in [0.1, 0.15) is 0 Å². The molecule has 1 amide bonds. The van der Waals surface area contributed by atoms with Gasteiger partial charge in [-0.25, -0.2) is 4.79 Å². The Bertz CT molecular complexity index is 31.8. The summed E-state index contributed by atoms with van der Waals surface area (Å²) in [7, 11) is 0. The molecule has 0 unspecified atom stereocenters. The molecule has 0 saturated heterocycles. The van der Waals surface area contributed by atoms with Gasteiger partial charge in [-0.2, -0.15) is 0 Å². The highest BCUT2D eigenvalue weighted by Gasteiger charge is 1.65. The fourth-order valence-electron chi connectivity index (χ4n) is 0. The van der Waals surface area contributed by atoms with Crippen molar-refractivity contribution in [2.24, 2.45) is 17.4 Å². The van der Waals surface area contributed by atoms with Gasteiger partial charge < -0.3 is 10.8 Å². The number of amides is 1. The zero-order valence-corrected chi connectivity index (χ0v) is 3.09. The number of carbonyl (C=O) groups is 1. The van der Waals surface area contributed by atoms with Crippen LogP contribution in [0, 0.1) is 0 Å². The summed E-state index contributed by atoms with van der Waals surface area (Å²) < 4.78 is 0. The van der Waals surface area contributed by atoms with Gasteiger partial charge in [0, 0.05) is 0 Å². The third-order valence-corrected chi connectivity index (χ3v) is 0. The SMILES string of the molecule is NC(=O)O.NN. The summed E-state index contributed by atoms with van der Waals surface area (Å²) in [4.78, 5) is 8.78. The molecule has 0 aromatic carbocycles. The van der Waals surface area contributed by atoms with Gasteiger partial charge in [-0.3, -0.25) is 11.7 Å². The summed E-state index contributed by atoms with van der Waals surface area (Å²) in [5.41, 5.74) is 4.03. The van der Waals surface area contributed by atoms with E-state index in [-0.39, 0.29) is 0 Å². The van der Waals surface area contributed by atoms with Gasteiger partial charge in [-0.15, -0.1) is 0 Å². The van der Waals surface area contributed by atoms with Crippen LogP contribution in [0.2, 0.25) is 0 Å². The van der Waals surface area contributed by atoms with Crippen molar-refractivity contribution in [3.05, 3.63) is 0 Å². The highest BCUT2D eigenvalue weighted by molar-refractivity contribution is 5.61. The van der Waals surface area contributed by atoms with E-state index in [0.29, 0.717) is 0 Å². The fourth-order valence-corrected chi connectivity index (χ4v) is 0. The third kappa shape index (κ3) is 23.3. The number of nitrogens with two attached hydrogens (primary N) is 3. The maximum Gasteiger partial charge on any atom is 0.402 e. The van der Waals surface area contributed by atoms with Crippen LogP contribution in [-0.2, 0) is 0 Å². The maximum atomic E-state index is 8.78. The van der Waals surface area contributed by atoms with Crippen molar-refractivity contribution in [1.82, 2.24) is 0 Å². The average molecular weight is 93.1 g/mol. The van der Waals surface area contributed by atoms with Crippen molar-refractivity contribution < 1.29 is 9.90 Å². The standard InChI is InChI=1S/CH3NO2.H4N2/c2-1(3)4;1-2/h2H2,(H,3,4);1-2H2. The molecule has 0 heterocycles. The molecule has 0 aliphatic rings. The van der Waals surface area contributed by atoms with Crippen LogP contribution in [0.15, 0.2) is 0 Å². The van der Waals surface area contributed by atoms with E-state index < -0.39 is 6.09 Å². The number of carboxylic acid groups (broad SMARTS) is 1. The molecule has 0 atom stereocenters. The molecule has 5 heteroatoms. The van der Waals surface area contributed by atoms with E-state index in [1.54, 1.807) is 0 Å². The lowest BCUT2D eigenvalue weighted by molar-refractivity contribution is 0.205. The summed E-state index contributed by atoms with van der Waals surface area (Å²) in [5, 5.41) is 7.19. The van der Waals surface area contributed by atoms with Crippen LogP contribution in [0.4, 0.5) is 4.79 Å². The van der Waals surface area contributed by atoms with Gasteiger partial charge in [-0.05, 0) is 0 Å². The molecular weight excluding hydrogens is 86.0 g/mol. The molecule has 38 valence electrons. The second kappa shape index (κ2) is 8.89. The lowest BCUT2D eigenvalue weighted by Crippen LogP contribution is -2.03. The Morgan fingerprint density at radius 2 is 1.50 bits per heavy atom. The van der Waals surface area contributed by atoms with Crippen LogP contribution in [0.5, 0.6) is 0 Å². The van der Waals surface area contributed by atoms with Gasteiger partial charge in [0.2, 0.25) is 0 Å². The summed E-state index contributed by atoms with van der Waals surface area (Å²) >= 11 is 0. The van der Waals surface area contributed by atoms with E-state index in [4.69, 9.17) is 9.90 Å². The number of rotatable bonds is 0. The minimum Gasteiger partial charge on any atom is -0.465 e. The van der Waals surface area contributed by atoms with Crippen molar-refractivity contribution in [2.75, 3.05) is 0 Å². The first kappa shape index (κ1) is 8.95. The number of hydrazine groups is 1. The van der Waals surface area contributed by atoms with Gasteiger partial charge in [0.25, 0.3) is 0 Å². The highest BCUT2D eigenvalue weighted by atomic mass is 16.4. The van der Waals surface area contributed by atoms with Crippen molar-refractivity contribution in [1.29, 1.82) is 0 Å². The first-order valence-electron chi connectivity index (χ1n) is 1.05. The van der Waals surface area contributed by atoms with Crippen LogP contribution in [0.25, 0.3) is 0 Å². The Labute approximate surface area is 34.7 Å². The smallest absolute Gasteiger partial charge is 0.402 e. The van der Waals surface area contributed by atoms with Crippen molar-refractivity contribution in [3.8, 4) is 0 Å². The molecule has 0 rings (SSSR count). The largest absolute Gasteiger partial charge is 0.465 e. The molecule has 0 aliphatic heterocycles. The molecule has 7 N–H and O–H groups in total. The Morgan fingerprint density at radius 1 is 1.50 bits per heavy atom. The third-order valence-electron chi connectivity index (χ3n) is 0. The zero-order valence-electron chi connectivity index (χ0n) is 3.09. The summed E-state index contributed by atoms with van der Waals surface area (Å²) in [5.74, 6) is 8.00. The maximum absolute atomic E-state index is 8.78. The average Bonchev–Trinajstić information content (AvgIpc) is 1.41. The van der Waals surface area contributed by atoms with Gasteiger partial charge in [-0.1, -0.05) is 0 Å². The topological polar surface area (TPSA) is 115 Å². The predicted molar refractivity (Wildman–Crippen MR) is 20.6 cm³/mol. The molecule has 0 aromatic heterocycles. The van der Waals surface area contributed by atoms with Crippen LogP contribution in [-0.4, -0.2) is 11.2 Å². The normalized spacial score (nSPS) is 5.00. The number of hydrogen-bond acceptors (Lipinski definition) is 3. The molecule has 5 nitrogen and oxygen atoms in total. The van der Waals surface area contributed by atoms with Crippen molar-refractivity contribution in [3.63, 3.8) is 0 Å². The van der Waals surface area contributed by atoms with Crippen LogP contribution >= 0.6 is 0 Å². The van der Waals surface area contributed by atoms with Crippen molar-refractivity contribution in [2.45, 2.75) is 0 Å². The molecule has 0 aliphatic carbocycles. The Balaban J connectivity index is 0. The molecule has 0 spiro atoms. The minimum atomic E-state index is -1.33. The lowest BCUT2D eigenvalue weighted by atomic mass is 11.3. The molecule has 0 fully saturated rings. The first-order valence-corrected chi connectivity index (χ1v) is 1.05. The lowest BCUT2D eigenvalue weighted by Gasteiger charge is -1.61. The van der Waals surface area contributed by atoms with E-state index >= 15 is 0 Å². The predicted octanol–water partition coefficient (Wildman–Crippen LogP) is -1.56. The van der Waals surface area contributed by atoms with E-state index in [1.165, 1.54) is 0 Å². The van der Waals surface area contributed by atoms with Crippen LogP contribution < -0.4 is 17.4 Å². The number of primary amides is 1. The Morgan fingerprint density at radius 3 is 1.50 bits per heavy atom. The van der Waals surface area contributed by atoms with Gasteiger partial charge in [0.05, 0.1) is 0 Å². The molecular formula is CH7N3O2. The van der Waals surface area contributed by atoms with Crippen molar-refractivity contribution >= 4 is 6.09 Å².